The topological polar surface area (TPSA) is 46.8 Å². The van der Waals surface area contributed by atoms with Gasteiger partial charge in [-0.05, 0) is 24.3 Å². The summed E-state index contributed by atoms with van der Waals surface area (Å²) in [5.41, 5.74) is 4.17. The molecule has 128 valence electrons. The van der Waals surface area contributed by atoms with Crippen LogP contribution in [0.25, 0.3) is 11.4 Å². The summed E-state index contributed by atoms with van der Waals surface area (Å²) < 4.78 is 1.75. The first-order chi connectivity index (χ1) is 12.1. The van der Waals surface area contributed by atoms with E-state index in [-0.39, 0.29) is 0 Å². The SMILES string of the molecule is Cn1cc(Cl)c(CN2CCc3nc(-c4ccc(Cl)cc4)ncc3C2)n1. The Hall–Kier alpha value is -1.95. The van der Waals surface area contributed by atoms with Crippen LogP contribution in [0.4, 0.5) is 0 Å². The Balaban J connectivity index is 1.52. The van der Waals surface area contributed by atoms with Crippen LogP contribution in [0.15, 0.2) is 36.7 Å². The summed E-state index contributed by atoms with van der Waals surface area (Å²) in [4.78, 5) is 11.6. The first-order valence-corrected chi connectivity index (χ1v) is 8.85. The van der Waals surface area contributed by atoms with E-state index >= 15 is 0 Å². The van der Waals surface area contributed by atoms with Gasteiger partial charge in [-0.15, -0.1) is 0 Å². The maximum atomic E-state index is 6.22. The Labute approximate surface area is 156 Å². The van der Waals surface area contributed by atoms with Gasteiger partial charge in [0.15, 0.2) is 5.82 Å². The molecular formula is C18H17Cl2N5. The molecule has 7 heteroatoms. The van der Waals surface area contributed by atoms with Gasteiger partial charge in [-0.3, -0.25) is 9.58 Å². The summed E-state index contributed by atoms with van der Waals surface area (Å²) in [6.45, 7) is 2.47. The van der Waals surface area contributed by atoms with Crippen molar-refractivity contribution >= 4 is 23.2 Å². The fourth-order valence-corrected chi connectivity index (χ4v) is 3.44. The van der Waals surface area contributed by atoms with Crippen LogP contribution >= 0.6 is 23.2 Å². The molecule has 3 heterocycles. The number of nitrogens with zero attached hydrogens (tertiary/aromatic N) is 5. The van der Waals surface area contributed by atoms with Gasteiger partial charge in [-0.2, -0.15) is 5.10 Å². The molecule has 2 aromatic heterocycles. The van der Waals surface area contributed by atoms with E-state index in [0.29, 0.717) is 10.0 Å². The highest BCUT2D eigenvalue weighted by atomic mass is 35.5. The van der Waals surface area contributed by atoms with Crippen molar-refractivity contribution in [2.45, 2.75) is 19.5 Å². The van der Waals surface area contributed by atoms with Crippen LogP contribution in [0.2, 0.25) is 10.0 Å². The summed E-state index contributed by atoms with van der Waals surface area (Å²) >= 11 is 12.2. The average molecular weight is 374 g/mol. The lowest BCUT2D eigenvalue weighted by Crippen LogP contribution is -2.31. The van der Waals surface area contributed by atoms with E-state index in [0.717, 1.165) is 54.4 Å². The predicted molar refractivity (Wildman–Crippen MR) is 98.5 cm³/mol. The molecule has 4 rings (SSSR count). The van der Waals surface area contributed by atoms with Crippen LogP contribution in [-0.2, 0) is 26.6 Å². The van der Waals surface area contributed by atoms with Crippen molar-refractivity contribution in [3.8, 4) is 11.4 Å². The Morgan fingerprint density at radius 1 is 1.16 bits per heavy atom. The molecule has 0 radical (unpaired) electrons. The van der Waals surface area contributed by atoms with Crippen molar-refractivity contribution in [1.82, 2.24) is 24.6 Å². The smallest absolute Gasteiger partial charge is 0.159 e. The fourth-order valence-electron chi connectivity index (χ4n) is 3.07. The molecule has 1 aliphatic heterocycles. The minimum absolute atomic E-state index is 0.711. The van der Waals surface area contributed by atoms with Gasteiger partial charge in [-0.1, -0.05) is 23.2 Å². The molecule has 0 aliphatic carbocycles. The monoisotopic (exact) mass is 373 g/mol. The van der Waals surface area contributed by atoms with E-state index in [1.807, 2.05) is 43.7 Å². The fraction of sp³-hybridized carbons (Fsp3) is 0.278. The van der Waals surface area contributed by atoms with Crippen molar-refractivity contribution in [2.75, 3.05) is 6.54 Å². The number of halogens is 2. The molecule has 0 amide bonds. The zero-order valence-corrected chi connectivity index (χ0v) is 15.3. The van der Waals surface area contributed by atoms with Crippen molar-refractivity contribution < 1.29 is 0 Å². The summed E-state index contributed by atoms with van der Waals surface area (Å²) in [5, 5.41) is 5.85. The van der Waals surface area contributed by atoms with Crippen molar-refractivity contribution in [2.24, 2.45) is 7.05 Å². The minimum Gasteiger partial charge on any atom is -0.293 e. The van der Waals surface area contributed by atoms with E-state index in [1.54, 1.807) is 4.68 Å². The third-order valence-electron chi connectivity index (χ3n) is 4.34. The molecule has 3 aromatic rings. The molecule has 5 nitrogen and oxygen atoms in total. The van der Waals surface area contributed by atoms with Gasteiger partial charge < -0.3 is 0 Å². The van der Waals surface area contributed by atoms with Gasteiger partial charge in [0.2, 0.25) is 0 Å². The molecule has 0 spiro atoms. The Morgan fingerprint density at radius 2 is 1.96 bits per heavy atom. The number of fused-ring (bicyclic) bond motifs is 1. The van der Waals surface area contributed by atoms with Crippen LogP contribution in [0, 0.1) is 0 Å². The molecule has 0 fully saturated rings. The number of aryl methyl sites for hydroxylation is 1. The number of rotatable bonds is 3. The van der Waals surface area contributed by atoms with Crippen LogP contribution in [-0.4, -0.2) is 31.2 Å². The molecule has 1 aliphatic rings. The van der Waals surface area contributed by atoms with E-state index in [2.05, 4.69) is 15.0 Å². The molecule has 0 N–H and O–H groups in total. The number of aromatic nitrogens is 4. The van der Waals surface area contributed by atoms with Gasteiger partial charge in [0.1, 0.15) is 0 Å². The Kier molecular flexibility index (Phi) is 4.46. The normalized spacial score (nSPS) is 14.5. The second-order valence-electron chi connectivity index (χ2n) is 6.23. The van der Waals surface area contributed by atoms with E-state index < -0.39 is 0 Å². The highest BCUT2D eigenvalue weighted by Gasteiger charge is 2.20. The molecule has 0 unspecified atom stereocenters. The maximum Gasteiger partial charge on any atom is 0.159 e. The zero-order chi connectivity index (χ0) is 17.4. The minimum atomic E-state index is 0.711. The number of benzene rings is 1. The lowest BCUT2D eigenvalue weighted by Gasteiger charge is -2.27. The highest BCUT2D eigenvalue weighted by molar-refractivity contribution is 6.31. The van der Waals surface area contributed by atoms with E-state index in [1.165, 1.54) is 0 Å². The molecule has 0 saturated carbocycles. The Bertz CT molecular complexity index is 904. The first kappa shape index (κ1) is 16.5. The van der Waals surface area contributed by atoms with Crippen LogP contribution in [0.3, 0.4) is 0 Å². The van der Waals surface area contributed by atoms with Gasteiger partial charge >= 0.3 is 0 Å². The summed E-state index contributed by atoms with van der Waals surface area (Å²) in [5.74, 6) is 0.747. The molecule has 0 bridgehead atoms. The largest absolute Gasteiger partial charge is 0.293 e. The zero-order valence-electron chi connectivity index (χ0n) is 13.8. The number of hydrogen-bond acceptors (Lipinski definition) is 4. The standard InChI is InChI=1S/C18H17Cl2N5/c1-24-10-15(20)17(23-24)11-25-7-6-16-13(9-25)8-21-18(22-16)12-2-4-14(19)5-3-12/h2-5,8,10H,6-7,9,11H2,1H3. The van der Waals surface area contributed by atoms with Gasteiger partial charge in [0.05, 0.1) is 16.4 Å². The summed E-state index contributed by atoms with van der Waals surface area (Å²) in [6, 6.07) is 7.61. The third-order valence-corrected chi connectivity index (χ3v) is 4.91. The lowest BCUT2D eigenvalue weighted by atomic mass is 10.1. The van der Waals surface area contributed by atoms with Crippen molar-refractivity contribution in [1.29, 1.82) is 0 Å². The average Bonchev–Trinajstić information content (AvgIpc) is 2.92. The molecule has 0 saturated heterocycles. The highest BCUT2D eigenvalue weighted by Crippen LogP contribution is 2.24. The van der Waals surface area contributed by atoms with Crippen molar-refractivity contribution in [3.63, 3.8) is 0 Å². The van der Waals surface area contributed by atoms with E-state index in [4.69, 9.17) is 28.2 Å². The molecule has 25 heavy (non-hydrogen) atoms. The molecule has 1 aromatic carbocycles. The number of hydrogen-bond donors (Lipinski definition) is 0. The van der Waals surface area contributed by atoms with Crippen LogP contribution < -0.4 is 0 Å². The second kappa shape index (κ2) is 6.75. The second-order valence-corrected chi connectivity index (χ2v) is 7.07. The first-order valence-electron chi connectivity index (χ1n) is 8.09. The summed E-state index contributed by atoms with van der Waals surface area (Å²) in [6.07, 6.45) is 4.65. The van der Waals surface area contributed by atoms with E-state index in [9.17, 15) is 0 Å². The van der Waals surface area contributed by atoms with Crippen molar-refractivity contribution in [3.05, 3.63) is 63.7 Å². The molecular weight excluding hydrogens is 357 g/mol. The molecule has 0 atom stereocenters. The lowest BCUT2D eigenvalue weighted by molar-refractivity contribution is 0.239. The van der Waals surface area contributed by atoms with Crippen LogP contribution in [0.1, 0.15) is 17.0 Å². The van der Waals surface area contributed by atoms with Gasteiger partial charge in [-0.25, -0.2) is 9.97 Å². The predicted octanol–water partition coefficient (Wildman–Crippen LogP) is 3.74. The van der Waals surface area contributed by atoms with Gasteiger partial charge in [0.25, 0.3) is 0 Å². The Morgan fingerprint density at radius 3 is 2.68 bits per heavy atom. The third kappa shape index (κ3) is 3.54. The maximum absolute atomic E-state index is 6.22. The quantitative estimate of drug-likeness (QED) is 0.701. The summed E-state index contributed by atoms with van der Waals surface area (Å²) in [7, 11) is 1.88. The van der Waals surface area contributed by atoms with Gasteiger partial charge in [0, 0.05) is 61.6 Å². The van der Waals surface area contributed by atoms with Crippen LogP contribution in [0.5, 0.6) is 0 Å².